The van der Waals surface area contributed by atoms with Gasteiger partial charge >= 0.3 is 0 Å². The van der Waals surface area contributed by atoms with Crippen molar-refractivity contribution in [2.24, 2.45) is 4.99 Å². The largest absolute Gasteiger partial charge is 0.497 e. The van der Waals surface area contributed by atoms with Gasteiger partial charge in [-0.05, 0) is 84.4 Å². The second kappa shape index (κ2) is 11.5. The van der Waals surface area contributed by atoms with E-state index in [1.54, 1.807) is 42.4 Å². The first-order valence-electron chi connectivity index (χ1n) is 11.1. The van der Waals surface area contributed by atoms with Gasteiger partial charge in [0.05, 0.1) is 29.8 Å². The van der Waals surface area contributed by atoms with Crippen molar-refractivity contribution >= 4 is 46.2 Å². The molecule has 0 saturated carbocycles. The quantitative estimate of drug-likeness (QED) is 0.306. The molecule has 0 unspecified atom stereocenters. The molecule has 0 bridgehead atoms. The van der Waals surface area contributed by atoms with Gasteiger partial charge in [-0.25, -0.2) is 9.38 Å². The number of hydrogen-bond donors (Lipinski definition) is 0. The average Bonchev–Trinajstić information content (AvgIpc) is 3.17. The maximum atomic E-state index is 13.2. The number of amidine groups is 1. The number of halogens is 2. The van der Waals surface area contributed by atoms with Crippen molar-refractivity contribution in [2.75, 3.05) is 20.8 Å². The van der Waals surface area contributed by atoms with E-state index in [0.717, 1.165) is 17.0 Å². The van der Waals surface area contributed by atoms with Crippen LogP contribution in [0.1, 0.15) is 18.1 Å². The number of ether oxygens (including phenoxy) is 3. The van der Waals surface area contributed by atoms with Gasteiger partial charge in [-0.1, -0.05) is 23.7 Å². The summed E-state index contributed by atoms with van der Waals surface area (Å²) in [5, 5.41) is 0.925. The lowest BCUT2D eigenvalue weighted by Gasteiger charge is -2.14. The molecule has 3 aromatic carbocycles. The Hall–Kier alpha value is -3.49. The number of carbonyl (C=O) groups excluding carboxylic acids is 1. The van der Waals surface area contributed by atoms with Gasteiger partial charge in [0, 0.05) is 6.54 Å². The SMILES string of the molecule is CCN1C(=O)/C(=C\c2cc(Cl)c(OCc3ccc(F)cc3)c(OC)c2)SC1=Nc1ccc(OC)cc1. The zero-order valence-corrected chi connectivity index (χ0v) is 21.5. The smallest absolute Gasteiger partial charge is 0.266 e. The molecular formula is C27H24ClFN2O4S. The molecule has 186 valence electrons. The second-order valence-electron chi connectivity index (χ2n) is 7.70. The number of nitrogens with zero attached hydrogens (tertiary/aromatic N) is 2. The predicted octanol–water partition coefficient (Wildman–Crippen LogP) is 6.70. The van der Waals surface area contributed by atoms with Crippen LogP contribution >= 0.6 is 23.4 Å². The summed E-state index contributed by atoms with van der Waals surface area (Å²) in [5.74, 6) is 1.07. The van der Waals surface area contributed by atoms with Crippen LogP contribution in [0.15, 0.2) is 70.6 Å². The first kappa shape index (κ1) is 25.6. The molecule has 3 aromatic rings. The van der Waals surface area contributed by atoms with Crippen LogP contribution in [0.2, 0.25) is 5.02 Å². The zero-order chi connectivity index (χ0) is 25.7. The van der Waals surface area contributed by atoms with Crippen molar-refractivity contribution < 1.29 is 23.4 Å². The molecule has 1 fully saturated rings. The molecule has 1 amide bonds. The number of carbonyl (C=O) groups is 1. The summed E-state index contributed by atoms with van der Waals surface area (Å²) in [6, 6.07) is 16.8. The lowest BCUT2D eigenvalue weighted by molar-refractivity contribution is -0.122. The van der Waals surface area contributed by atoms with Gasteiger partial charge in [-0.15, -0.1) is 0 Å². The molecule has 1 aliphatic heterocycles. The molecule has 0 N–H and O–H groups in total. The minimum absolute atomic E-state index is 0.138. The molecule has 1 heterocycles. The van der Waals surface area contributed by atoms with E-state index in [2.05, 4.69) is 4.99 Å². The van der Waals surface area contributed by atoms with Crippen LogP contribution in [-0.4, -0.2) is 36.7 Å². The first-order chi connectivity index (χ1) is 17.4. The highest BCUT2D eigenvalue weighted by molar-refractivity contribution is 8.18. The normalized spacial score (nSPS) is 15.6. The van der Waals surface area contributed by atoms with E-state index >= 15 is 0 Å². The molecule has 36 heavy (non-hydrogen) atoms. The Morgan fingerprint density at radius 3 is 2.42 bits per heavy atom. The number of methoxy groups -OCH3 is 2. The molecular weight excluding hydrogens is 503 g/mol. The van der Waals surface area contributed by atoms with Crippen LogP contribution < -0.4 is 14.2 Å². The Balaban J connectivity index is 1.57. The Morgan fingerprint density at radius 1 is 1.06 bits per heavy atom. The highest BCUT2D eigenvalue weighted by atomic mass is 35.5. The van der Waals surface area contributed by atoms with Crippen LogP contribution in [0.5, 0.6) is 17.2 Å². The fraction of sp³-hybridized carbons (Fsp3) is 0.185. The monoisotopic (exact) mass is 526 g/mol. The summed E-state index contributed by atoms with van der Waals surface area (Å²) in [6.45, 7) is 2.58. The van der Waals surface area contributed by atoms with Gasteiger partial charge < -0.3 is 14.2 Å². The van der Waals surface area contributed by atoms with Crippen LogP contribution in [0.25, 0.3) is 6.08 Å². The van der Waals surface area contributed by atoms with E-state index in [4.69, 9.17) is 25.8 Å². The molecule has 0 radical (unpaired) electrons. The molecule has 1 aliphatic rings. The lowest BCUT2D eigenvalue weighted by Crippen LogP contribution is -2.28. The summed E-state index contributed by atoms with van der Waals surface area (Å²) >= 11 is 7.81. The zero-order valence-electron chi connectivity index (χ0n) is 20.0. The minimum Gasteiger partial charge on any atom is -0.497 e. The van der Waals surface area contributed by atoms with Gasteiger partial charge in [0.2, 0.25) is 0 Å². The van der Waals surface area contributed by atoms with Crippen molar-refractivity contribution in [3.05, 3.63) is 87.5 Å². The van der Waals surface area contributed by atoms with E-state index in [9.17, 15) is 9.18 Å². The van der Waals surface area contributed by atoms with Crippen LogP contribution in [0.4, 0.5) is 10.1 Å². The van der Waals surface area contributed by atoms with Crippen molar-refractivity contribution in [3.63, 3.8) is 0 Å². The lowest BCUT2D eigenvalue weighted by atomic mass is 10.1. The van der Waals surface area contributed by atoms with E-state index in [1.165, 1.54) is 31.0 Å². The highest BCUT2D eigenvalue weighted by Gasteiger charge is 2.32. The summed E-state index contributed by atoms with van der Waals surface area (Å²) in [7, 11) is 3.12. The predicted molar refractivity (Wildman–Crippen MR) is 142 cm³/mol. The number of thioether (sulfide) groups is 1. The number of benzene rings is 3. The van der Waals surface area contributed by atoms with Gasteiger partial charge in [0.15, 0.2) is 16.7 Å². The number of amides is 1. The molecule has 0 spiro atoms. The molecule has 0 aliphatic carbocycles. The molecule has 9 heteroatoms. The van der Waals surface area contributed by atoms with E-state index < -0.39 is 0 Å². The highest BCUT2D eigenvalue weighted by Crippen LogP contribution is 2.39. The third-order valence-corrected chi connectivity index (χ3v) is 6.63. The molecule has 0 aromatic heterocycles. The van der Waals surface area contributed by atoms with Crippen LogP contribution in [0.3, 0.4) is 0 Å². The fourth-order valence-corrected chi connectivity index (χ4v) is 4.82. The van der Waals surface area contributed by atoms with Crippen LogP contribution in [-0.2, 0) is 11.4 Å². The fourth-order valence-electron chi connectivity index (χ4n) is 3.49. The maximum Gasteiger partial charge on any atom is 0.266 e. The number of hydrogen-bond acceptors (Lipinski definition) is 6. The van der Waals surface area contributed by atoms with Crippen molar-refractivity contribution in [1.29, 1.82) is 0 Å². The van der Waals surface area contributed by atoms with E-state index in [1.807, 2.05) is 31.2 Å². The molecule has 4 rings (SSSR count). The Bertz CT molecular complexity index is 1310. The van der Waals surface area contributed by atoms with Gasteiger partial charge in [-0.3, -0.25) is 9.69 Å². The molecule has 0 atom stereocenters. The summed E-state index contributed by atoms with van der Waals surface area (Å²) in [5.41, 5.74) is 2.19. The third-order valence-electron chi connectivity index (χ3n) is 5.35. The number of likely N-dealkylation sites (N-methyl/N-ethyl adjacent to an activating group) is 1. The Labute approximate surface area is 218 Å². The van der Waals surface area contributed by atoms with Gasteiger partial charge in [0.1, 0.15) is 18.2 Å². The topological polar surface area (TPSA) is 60.4 Å². The Kier molecular flexibility index (Phi) is 8.18. The van der Waals surface area contributed by atoms with E-state index in [0.29, 0.717) is 38.7 Å². The standard InChI is InChI=1S/C27H24ClFN2O4S/c1-4-31-26(32)24(36-27(31)30-20-9-11-21(33-2)12-10-20)15-18-13-22(28)25(23(14-18)34-3)35-16-17-5-7-19(29)8-6-17/h5-15H,4,16H2,1-3H3/b24-15+,30-27?. The van der Waals surface area contributed by atoms with Gasteiger partial charge in [-0.2, -0.15) is 0 Å². The van der Waals surface area contributed by atoms with E-state index in [-0.39, 0.29) is 18.3 Å². The van der Waals surface area contributed by atoms with Crippen LogP contribution in [0, 0.1) is 5.82 Å². The summed E-state index contributed by atoms with van der Waals surface area (Å²) < 4.78 is 29.7. The first-order valence-corrected chi connectivity index (χ1v) is 12.3. The van der Waals surface area contributed by atoms with Crippen molar-refractivity contribution in [2.45, 2.75) is 13.5 Å². The summed E-state index contributed by atoms with van der Waals surface area (Å²) in [4.78, 5) is 19.8. The summed E-state index contributed by atoms with van der Waals surface area (Å²) in [6.07, 6.45) is 1.75. The maximum absolute atomic E-state index is 13.2. The van der Waals surface area contributed by atoms with Crippen molar-refractivity contribution in [1.82, 2.24) is 4.90 Å². The number of aliphatic imine (C=N–C) groups is 1. The van der Waals surface area contributed by atoms with Gasteiger partial charge in [0.25, 0.3) is 5.91 Å². The minimum atomic E-state index is -0.315. The number of rotatable bonds is 8. The molecule has 1 saturated heterocycles. The average molecular weight is 527 g/mol. The Morgan fingerprint density at radius 2 is 1.78 bits per heavy atom. The van der Waals surface area contributed by atoms with Crippen molar-refractivity contribution in [3.8, 4) is 17.2 Å². The second-order valence-corrected chi connectivity index (χ2v) is 9.12. The molecule has 6 nitrogen and oxygen atoms in total. The third kappa shape index (κ3) is 5.83.